The zero-order valence-corrected chi connectivity index (χ0v) is 20.5. The van der Waals surface area contributed by atoms with E-state index < -0.39 is 52.8 Å². The van der Waals surface area contributed by atoms with E-state index in [2.05, 4.69) is 0 Å². The van der Waals surface area contributed by atoms with E-state index in [1.807, 2.05) is 39.6 Å². The fraction of sp³-hybridized carbons (Fsp3) is 0.407. The first-order valence-corrected chi connectivity index (χ1v) is 11.3. The lowest BCUT2D eigenvalue weighted by atomic mass is 9.67. The van der Waals surface area contributed by atoms with Crippen molar-refractivity contribution >= 4 is 11.9 Å². The standard InChI is InChI=1S/C27H31F2NO5/c1-26(2)15-21(23(27(3,4)30(26)5)20(25(33)34)14-22(31)32)35-24(16-6-10-18(28)11-7-16)17-8-12-19(29)13-9-17/h6-14,21,23-24H,15H2,1-5H3,(H,31,32)(H,33,34)/b20-14+. The van der Waals surface area contributed by atoms with E-state index in [1.165, 1.54) is 24.3 Å². The van der Waals surface area contributed by atoms with Crippen molar-refractivity contribution in [3.8, 4) is 0 Å². The number of carboxylic acid groups (broad SMARTS) is 2. The Morgan fingerprint density at radius 2 is 1.43 bits per heavy atom. The fourth-order valence-corrected chi connectivity index (χ4v) is 5.12. The molecule has 188 valence electrons. The number of nitrogens with zero attached hydrogens (tertiary/aromatic N) is 1. The molecule has 0 amide bonds. The minimum Gasteiger partial charge on any atom is -0.478 e. The molecule has 1 aliphatic rings. The summed E-state index contributed by atoms with van der Waals surface area (Å²) in [4.78, 5) is 25.8. The van der Waals surface area contributed by atoms with Crippen molar-refractivity contribution in [2.24, 2.45) is 5.92 Å². The second-order valence-corrected chi connectivity index (χ2v) is 10.1. The molecule has 0 aliphatic carbocycles. The second kappa shape index (κ2) is 9.87. The van der Waals surface area contributed by atoms with Crippen LogP contribution in [0.1, 0.15) is 51.3 Å². The van der Waals surface area contributed by atoms with Crippen LogP contribution in [0, 0.1) is 17.6 Å². The number of hydrogen-bond acceptors (Lipinski definition) is 4. The number of aliphatic carboxylic acids is 2. The van der Waals surface area contributed by atoms with Crippen LogP contribution >= 0.6 is 0 Å². The summed E-state index contributed by atoms with van der Waals surface area (Å²) in [6.07, 6.45) is -0.375. The highest BCUT2D eigenvalue weighted by Gasteiger charge is 2.53. The first-order valence-electron chi connectivity index (χ1n) is 11.3. The molecule has 0 radical (unpaired) electrons. The van der Waals surface area contributed by atoms with E-state index in [9.17, 15) is 28.6 Å². The SMILES string of the molecule is CN1C(C)(C)CC(OC(c2ccc(F)cc2)c2ccc(F)cc2)C(/C(=C\C(=O)O)C(=O)O)C1(C)C. The Hall–Kier alpha value is -3.10. The van der Waals surface area contributed by atoms with Gasteiger partial charge in [-0.05, 0) is 76.6 Å². The summed E-state index contributed by atoms with van der Waals surface area (Å²) in [5.41, 5.74) is -0.293. The third-order valence-electron chi connectivity index (χ3n) is 7.12. The first-order chi connectivity index (χ1) is 16.2. The van der Waals surface area contributed by atoms with Gasteiger partial charge in [0.2, 0.25) is 0 Å². The molecular weight excluding hydrogens is 456 g/mol. The molecule has 2 atom stereocenters. The smallest absolute Gasteiger partial charge is 0.332 e. The molecule has 2 N–H and O–H groups in total. The molecule has 2 aromatic rings. The maximum absolute atomic E-state index is 13.7. The lowest BCUT2D eigenvalue weighted by molar-refractivity contribution is -0.151. The largest absolute Gasteiger partial charge is 0.478 e. The van der Waals surface area contributed by atoms with Gasteiger partial charge in [-0.15, -0.1) is 0 Å². The zero-order valence-electron chi connectivity index (χ0n) is 20.5. The van der Waals surface area contributed by atoms with Crippen molar-refractivity contribution < 1.29 is 33.3 Å². The Bertz CT molecular complexity index is 1060. The number of likely N-dealkylation sites (tertiary alicyclic amines) is 1. The van der Waals surface area contributed by atoms with Gasteiger partial charge in [-0.25, -0.2) is 18.4 Å². The summed E-state index contributed by atoms with van der Waals surface area (Å²) < 4.78 is 33.9. The van der Waals surface area contributed by atoms with Crippen molar-refractivity contribution in [3.63, 3.8) is 0 Å². The van der Waals surface area contributed by atoms with Crippen molar-refractivity contribution in [1.29, 1.82) is 0 Å². The molecule has 2 aromatic carbocycles. The van der Waals surface area contributed by atoms with E-state index in [1.54, 1.807) is 24.3 Å². The van der Waals surface area contributed by atoms with Gasteiger partial charge in [0.25, 0.3) is 0 Å². The minimum absolute atomic E-state index is 0.271. The van der Waals surface area contributed by atoms with Gasteiger partial charge < -0.3 is 14.9 Å². The quantitative estimate of drug-likeness (QED) is 0.532. The molecule has 0 bridgehead atoms. The number of ether oxygens (including phenoxy) is 1. The van der Waals surface area contributed by atoms with Crippen LogP contribution in [-0.4, -0.2) is 51.3 Å². The van der Waals surface area contributed by atoms with Gasteiger partial charge in [-0.3, -0.25) is 4.90 Å². The first kappa shape index (κ1) is 26.5. The average molecular weight is 488 g/mol. The topological polar surface area (TPSA) is 87.1 Å². The van der Waals surface area contributed by atoms with E-state index in [0.717, 1.165) is 6.08 Å². The predicted molar refractivity (Wildman–Crippen MR) is 127 cm³/mol. The number of piperidine rings is 1. The second-order valence-electron chi connectivity index (χ2n) is 10.1. The molecule has 0 aromatic heterocycles. The molecule has 0 spiro atoms. The van der Waals surface area contributed by atoms with Crippen LogP contribution in [0.25, 0.3) is 0 Å². The van der Waals surface area contributed by atoms with E-state index in [4.69, 9.17) is 4.74 Å². The summed E-state index contributed by atoms with van der Waals surface area (Å²) in [5.74, 6) is -4.38. The van der Waals surface area contributed by atoms with Crippen LogP contribution in [0.5, 0.6) is 0 Å². The highest BCUT2D eigenvalue weighted by molar-refractivity contribution is 5.95. The highest BCUT2D eigenvalue weighted by Crippen LogP contribution is 2.47. The molecule has 3 rings (SSSR count). The number of benzene rings is 2. The lowest BCUT2D eigenvalue weighted by Gasteiger charge is -2.58. The van der Waals surface area contributed by atoms with Crippen molar-refractivity contribution in [3.05, 3.63) is 82.9 Å². The number of carboxylic acids is 2. The predicted octanol–water partition coefficient (Wildman–Crippen LogP) is 5.04. The molecule has 6 nitrogen and oxygen atoms in total. The fourth-order valence-electron chi connectivity index (χ4n) is 5.12. The molecular formula is C27H31F2NO5. The van der Waals surface area contributed by atoms with Crippen LogP contribution in [0.2, 0.25) is 0 Å². The zero-order chi connectivity index (χ0) is 26.1. The summed E-state index contributed by atoms with van der Waals surface area (Å²) in [7, 11) is 1.88. The maximum atomic E-state index is 13.7. The Balaban J connectivity index is 2.16. The van der Waals surface area contributed by atoms with Crippen LogP contribution in [-0.2, 0) is 14.3 Å². The van der Waals surface area contributed by atoms with E-state index in [0.29, 0.717) is 17.5 Å². The van der Waals surface area contributed by atoms with Gasteiger partial charge >= 0.3 is 11.9 Å². The van der Waals surface area contributed by atoms with Gasteiger partial charge in [-0.1, -0.05) is 24.3 Å². The monoisotopic (exact) mass is 487 g/mol. The molecule has 8 heteroatoms. The van der Waals surface area contributed by atoms with Crippen molar-refractivity contribution in [2.45, 2.75) is 57.4 Å². The van der Waals surface area contributed by atoms with Crippen molar-refractivity contribution in [1.82, 2.24) is 4.90 Å². The van der Waals surface area contributed by atoms with Gasteiger partial charge in [0, 0.05) is 23.1 Å². The molecule has 1 saturated heterocycles. The number of carbonyl (C=O) groups is 2. The Morgan fingerprint density at radius 1 is 0.971 bits per heavy atom. The molecule has 1 fully saturated rings. The molecule has 0 saturated carbocycles. The number of rotatable bonds is 7. The molecule has 1 heterocycles. The van der Waals surface area contributed by atoms with Gasteiger partial charge in [0.15, 0.2) is 0 Å². The van der Waals surface area contributed by atoms with Crippen LogP contribution < -0.4 is 0 Å². The summed E-state index contributed by atoms with van der Waals surface area (Å²) in [6, 6.07) is 11.4. The molecule has 1 aliphatic heterocycles. The molecule has 2 unspecified atom stereocenters. The van der Waals surface area contributed by atoms with Gasteiger partial charge in [0.05, 0.1) is 11.7 Å². The number of hydrogen-bond donors (Lipinski definition) is 2. The normalized spacial score (nSPS) is 22.2. The third-order valence-corrected chi connectivity index (χ3v) is 7.12. The minimum atomic E-state index is -1.36. The maximum Gasteiger partial charge on any atom is 0.332 e. The summed E-state index contributed by atoms with van der Waals surface area (Å²) in [6.45, 7) is 7.73. The lowest BCUT2D eigenvalue weighted by Crippen LogP contribution is -2.66. The van der Waals surface area contributed by atoms with Crippen LogP contribution in [0.3, 0.4) is 0 Å². The highest BCUT2D eigenvalue weighted by atomic mass is 19.1. The van der Waals surface area contributed by atoms with Gasteiger partial charge in [-0.2, -0.15) is 0 Å². The van der Waals surface area contributed by atoms with E-state index in [-0.39, 0.29) is 5.57 Å². The van der Waals surface area contributed by atoms with Crippen LogP contribution in [0.15, 0.2) is 60.2 Å². The Morgan fingerprint density at radius 3 is 1.83 bits per heavy atom. The summed E-state index contributed by atoms with van der Waals surface area (Å²) >= 11 is 0. The Labute approximate surface area is 203 Å². The Kier molecular flexibility index (Phi) is 7.48. The van der Waals surface area contributed by atoms with Gasteiger partial charge in [0.1, 0.15) is 17.7 Å². The molecule has 35 heavy (non-hydrogen) atoms. The third kappa shape index (κ3) is 5.60. The van der Waals surface area contributed by atoms with Crippen LogP contribution in [0.4, 0.5) is 8.78 Å². The summed E-state index contributed by atoms with van der Waals surface area (Å²) in [5, 5.41) is 19.4. The van der Waals surface area contributed by atoms with Crippen molar-refractivity contribution in [2.75, 3.05) is 7.05 Å². The average Bonchev–Trinajstić information content (AvgIpc) is 2.76. The number of halogens is 2. The van der Waals surface area contributed by atoms with E-state index >= 15 is 0 Å².